The second-order valence-electron chi connectivity index (χ2n) is 12.4. The fraction of sp³-hybridized carbons (Fsp3) is 0.0465. The van der Waals surface area contributed by atoms with Gasteiger partial charge in [-0.2, -0.15) is 0 Å². The summed E-state index contributed by atoms with van der Waals surface area (Å²) in [6.45, 7) is 4.98. The summed E-state index contributed by atoms with van der Waals surface area (Å²) in [6.07, 6.45) is 0. The van der Waals surface area contributed by atoms with Crippen molar-refractivity contribution in [1.29, 1.82) is 0 Å². The molecule has 1 aliphatic heterocycles. The van der Waals surface area contributed by atoms with Crippen LogP contribution in [0.5, 0.6) is 0 Å². The van der Waals surface area contributed by atoms with E-state index in [1.807, 2.05) is 0 Å². The van der Waals surface area contributed by atoms with Gasteiger partial charge in [-0.05, 0) is 67.0 Å². The summed E-state index contributed by atoms with van der Waals surface area (Å²) in [7, 11) is -1.81. The first-order chi connectivity index (χ1) is 22.1. The van der Waals surface area contributed by atoms with Gasteiger partial charge in [0.1, 0.15) is 8.07 Å². The van der Waals surface area contributed by atoms with Gasteiger partial charge in [0.15, 0.2) is 0 Å². The molecule has 45 heavy (non-hydrogen) atoms. The molecule has 6 aromatic carbocycles. The van der Waals surface area contributed by atoms with Crippen LogP contribution in [-0.4, -0.2) is 13.1 Å². The summed E-state index contributed by atoms with van der Waals surface area (Å²) in [5.74, 6) is 0. The van der Waals surface area contributed by atoms with Crippen LogP contribution in [-0.2, 0) is 0 Å². The summed E-state index contributed by atoms with van der Waals surface area (Å²) in [4.78, 5) is 5.23. The summed E-state index contributed by atoms with van der Waals surface area (Å²) in [5.41, 5.74) is 14.4. The van der Waals surface area contributed by atoms with Crippen molar-refractivity contribution in [3.05, 3.63) is 164 Å². The molecule has 0 spiro atoms. The van der Waals surface area contributed by atoms with Gasteiger partial charge >= 0.3 is 0 Å². The molecule has 0 bridgehead atoms. The number of benzene rings is 6. The number of aromatic nitrogens is 1. The van der Waals surface area contributed by atoms with Crippen molar-refractivity contribution in [3.63, 3.8) is 0 Å². The van der Waals surface area contributed by atoms with E-state index >= 15 is 0 Å². The number of nitrogens with zero attached hydrogens (tertiary/aromatic N) is 1. The van der Waals surface area contributed by atoms with Gasteiger partial charge in [0.25, 0.3) is 0 Å². The highest BCUT2D eigenvalue weighted by Gasteiger charge is 2.39. The van der Waals surface area contributed by atoms with Crippen molar-refractivity contribution < 1.29 is 0 Å². The van der Waals surface area contributed by atoms with Crippen LogP contribution in [0.3, 0.4) is 0 Å². The first kappa shape index (κ1) is 27.3. The normalized spacial score (nSPS) is 12.8. The van der Waals surface area contributed by atoms with E-state index in [0.29, 0.717) is 0 Å². The third kappa shape index (κ3) is 4.75. The summed E-state index contributed by atoms with van der Waals surface area (Å²) in [6, 6.07) is 59.2. The van der Waals surface area contributed by atoms with E-state index in [4.69, 9.17) is 4.98 Å². The minimum absolute atomic E-state index is 0.973. The standard InChI is InChI=1S/C43H33NSi/c1-45(2)42-23-12-11-20-38(42)39-22-13-21-36(43(39)45)32-26-24-31(25-27-32)35-18-9-10-19-37(35)41-29-34(30-14-5-3-6-15-30)28-40(44-41)33-16-7-4-8-17-33/h3-29H,1-2H3. The second kappa shape index (κ2) is 11.0. The van der Waals surface area contributed by atoms with Crippen LogP contribution in [0.1, 0.15) is 0 Å². The monoisotopic (exact) mass is 591 g/mol. The SMILES string of the molecule is C[Si]1(C)c2ccccc2-c2cccc(-c3ccc(-c4ccccc4-c4cc(-c5ccccc5)cc(-c5ccccc5)n4)cc3)c21. The van der Waals surface area contributed by atoms with Gasteiger partial charge in [-0.25, -0.2) is 4.98 Å². The Morgan fingerprint density at radius 2 is 0.867 bits per heavy atom. The van der Waals surface area contributed by atoms with Gasteiger partial charge in [0, 0.05) is 11.1 Å². The first-order valence-corrected chi connectivity index (χ1v) is 18.6. The molecule has 1 nitrogen and oxygen atoms in total. The van der Waals surface area contributed by atoms with Crippen LogP contribution in [0.15, 0.2) is 164 Å². The molecule has 0 saturated heterocycles. The van der Waals surface area contributed by atoms with Crippen molar-refractivity contribution in [2.45, 2.75) is 13.1 Å². The lowest BCUT2D eigenvalue weighted by Crippen LogP contribution is -2.50. The predicted molar refractivity (Wildman–Crippen MR) is 194 cm³/mol. The zero-order valence-corrected chi connectivity index (χ0v) is 26.5. The summed E-state index contributed by atoms with van der Waals surface area (Å²) >= 11 is 0. The van der Waals surface area contributed by atoms with E-state index in [1.54, 1.807) is 5.19 Å². The Kier molecular flexibility index (Phi) is 6.66. The second-order valence-corrected chi connectivity index (χ2v) is 16.7. The van der Waals surface area contributed by atoms with Crippen molar-refractivity contribution in [2.75, 3.05) is 0 Å². The van der Waals surface area contributed by atoms with Gasteiger partial charge in [0.2, 0.25) is 0 Å². The zero-order chi connectivity index (χ0) is 30.4. The Hall–Kier alpha value is -5.31. The zero-order valence-electron chi connectivity index (χ0n) is 25.5. The lowest BCUT2D eigenvalue weighted by molar-refractivity contribution is 1.32. The molecule has 214 valence electrons. The Morgan fingerprint density at radius 1 is 0.356 bits per heavy atom. The largest absolute Gasteiger partial charge is 0.248 e. The quantitative estimate of drug-likeness (QED) is 0.182. The van der Waals surface area contributed by atoms with Crippen LogP contribution < -0.4 is 10.4 Å². The fourth-order valence-electron chi connectivity index (χ4n) is 7.10. The molecule has 0 fully saturated rings. The Morgan fingerprint density at radius 3 is 1.58 bits per heavy atom. The van der Waals surface area contributed by atoms with Crippen LogP contribution >= 0.6 is 0 Å². The van der Waals surface area contributed by atoms with Crippen molar-refractivity contribution in [2.24, 2.45) is 0 Å². The highest BCUT2D eigenvalue weighted by atomic mass is 28.3. The third-order valence-corrected chi connectivity index (χ3v) is 12.9. The molecule has 0 unspecified atom stereocenters. The smallest absolute Gasteiger partial charge is 0.114 e. The average molecular weight is 592 g/mol. The van der Waals surface area contributed by atoms with E-state index in [-0.39, 0.29) is 0 Å². The molecule has 0 saturated carbocycles. The topological polar surface area (TPSA) is 12.9 Å². The van der Waals surface area contributed by atoms with Crippen molar-refractivity contribution >= 4 is 18.4 Å². The van der Waals surface area contributed by atoms with Crippen LogP contribution in [0.2, 0.25) is 13.1 Å². The predicted octanol–water partition coefficient (Wildman–Crippen LogP) is 10.2. The molecule has 0 radical (unpaired) electrons. The maximum absolute atomic E-state index is 5.23. The van der Waals surface area contributed by atoms with Gasteiger partial charge in [-0.15, -0.1) is 0 Å². The van der Waals surface area contributed by atoms with E-state index < -0.39 is 8.07 Å². The van der Waals surface area contributed by atoms with Crippen molar-refractivity contribution in [1.82, 2.24) is 4.98 Å². The molecular weight excluding hydrogens is 559 g/mol. The molecule has 2 heterocycles. The van der Waals surface area contributed by atoms with E-state index in [9.17, 15) is 0 Å². The molecule has 0 aliphatic carbocycles. The lowest BCUT2D eigenvalue weighted by Gasteiger charge is -2.22. The number of pyridine rings is 1. The number of hydrogen-bond donors (Lipinski definition) is 0. The molecule has 0 amide bonds. The molecule has 8 rings (SSSR count). The average Bonchev–Trinajstić information content (AvgIpc) is 3.35. The van der Waals surface area contributed by atoms with E-state index in [2.05, 4.69) is 177 Å². The Bertz CT molecular complexity index is 2110. The number of rotatable bonds is 5. The molecule has 1 aromatic heterocycles. The van der Waals surface area contributed by atoms with Crippen LogP contribution in [0.25, 0.3) is 67.0 Å². The Balaban J connectivity index is 1.22. The van der Waals surface area contributed by atoms with Crippen LogP contribution in [0, 0.1) is 0 Å². The minimum Gasteiger partial charge on any atom is -0.248 e. The summed E-state index contributed by atoms with van der Waals surface area (Å²) < 4.78 is 0. The van der Waals surface area contributed by atoms with Crippen LogP contribution in [0.4, 0.5) is 0 Å². The first-order valence-electron chi connectivity index (χ1n) is 15.6. The molecular formula is C43H33NSi. The molecule has 0 atom stereocenters. The van der Waals surface area contributed by atoms with Gasteiger partial charge in [-0.1, -0.05) is 165 Å². The van der Waals surface area contributed by atoms with E-state index in [0.717, 1.165) is 28.1 Å². The highest BCUT2D eigenvalue weighted by molar-refractivity contribution is 7.04. The maximum Gasteiger partial charge on any atom is 0.114 e. The molecule has 0 N–H and O–H groups in total. The fourth-order valence-corrected chi connectivity index (χ4v) is 10.6. The molecule has 1 aliphatic rings. The van der Waals surface area contributed by atoms with Gasteiger partial charge in [0.05, 0.1) is 11.4 Å². The lowest BCUT2D eigenvalue weighted by atomic mass is 9.93. The molecule has 2 heteroatoms. The maximum atomic E-state index is 5.23. The van der Waals surface area contributed by atoms with E-state index in [1.165, 1.54) is 44.1 Å². The number of hydrogen-bond acceptors (Lipinski definition) is 1. The number of fused-ring (bicyclic) bond motifs is 3. The summed E-state index contributed by atoms with van der Waals surface area (Å²) in [5, 5.41) is 3.09. The third-order valence-electron chi connectivity index (χ3n) is 9.29. The minimum atomic E-state index is -1.81. The van der Waals surface area contributed by atoms with Crippen molar-refractivity contribution in [3.8, 4) is 67.0 Å². The van der Waals surface area contributed by atoms with Gasteiger partial charge < -0.3 is 0 Å². The molecule has 7 aromatic rings. The van der Waals surface area contributed by atoms with Gasteiger partial charge in [-0.3, -0.25) is 0 Å². The highest BCUT2D eigenvalue weighted by Crippen LogP contribution is 2.37. The Labute approximate surface area is 266 Å².